The van der Waals surface area contributed by atoms with Crippen LogP contribution in [0.3, 0.4) is 0 Å². The molecular weight excluding hydrogens is 297 g/mol. The highest BCUT2D eigenvalue weighted by Crippen LogP contribution is 2.38. The van der Waals surface area contributed by atoms with Crippen LogP contribution in [0.5, 0.6) is 0 Å². The van der Waals surface area contributed by atoms with Gasteiger partial charge in [-0.1, -0.05) is 69.7 Å². The Kier molecular flexibility index (Phi) is 8.40. The summed E-state index contributed by atoms with van der Waals surface area (Å²) in [5.41, 5.74) is 1.17. The molecule has 0 aliphatic carbocycles. The van der Waals surface area contributed by atoms with E-state index in [0.717, 1.165) is 27.6 Å². The molecule has 0 saturated carbocycles. The van der Waals surface area contributed by atoms with E-state index in [2.05, 4.69) is 26.1 Å². The predicted octanol–water partition coefficient (Wildman–Crippen LogP) is 6.31. The zero-order chi connectivity index (χ0) is 14.3. The largest absolute Gasteiger partial charge is 0.310 e. The topological polar surface area (TPSA) is 12.0 Å². The van der Waals surface area contributed by atoms with Gasteiger partial charge in [0, 0.05) is 11.6 Å². The summed E-state index contributed by atoms with van der Waals surface area (Å²) in [6, 6.07) is 2.36. The zero-order valence-corrected chi connectivity index (χ0v) is 14.5. The second kappa shape index (κ2) is 9.23. The molecule has 0 aromatic carbocycles. The fourth-order valence-corrected chi connectivity index (χ4v) is 4.05. The average Bonchev–Trinajstić information content (AvgIpc) is 2.72. The molecular formula is C15H25Cl2NS. The van der Waals surface area contributed by atoms with Gasteiger partial charge in [0.15, 0.2) is 0 Å². The van der Waals surface area contributed by atoms with Crippen LogP contribution in [-0.4, -0.2) is 6.54 Å². The molecule has 0 fully saturated rings. The molecule has 0 amide bonds. The number of rotatable bonds is 9. The summed E-state index contributed by atoms with van der Waals surface area (Å²) in [4.78, 5) is 0. The van der Waals surface area contributed by atoms with E-state index in [1.165, 1.54) is 42.6 Å². The van der Waals surface area contributed by atoms with E-state index in [0.29, 0.717) is 6.04 Å². The SMILES string of the molecule is CCCCC(CC)CC(NCC)c1cc(Cl)sc1Cl. The van der Waals surface area contributed by atoms with Crippen molar-refractivity contribution in [3.05, 3.63) is 20.3 Å². The van der Waals surface area contributed by atoms with E-state index in [1.54, 1.807) is 0 Å². The van der Waals surface area contributed by atoms with Crippen molar-refractivity contribution < 1.29 is 0 Å². The van der Waals surface area contributed by atoms with Crippen LogP contribution >= 0.6 is 34.5 Å². The van der Waals surface area contributed by atoms with Crippen LogP contribution in [-0.2, 0) is 0 Å². The highest BCUT2D eigenvalue weighted by atomic mass is 35.5. The lowest BCUT2D eigenvalue weighted by Gasteiger charge is -2.23. The number of hydrogen-bond acceptors (Lipinski definition) is 2. The summed E-state index contributed by atoms with van der Waals surface area (Å²) in [6.07, 6.45) is 6.28. The lowest BCUT2D eigenvalue weighted by atomic mass is 9.90. The molecule has 1 N–H and O–H groups in total. The molecule has 0 radical (unpaired) electrons. The maximum absolute atomic E-state index is 6.30. The van der Waals surface area contributed by atoms with Crippen LogP contribution in [0.25, 0.3) is 0 Å². The Bertz CT molecular complexity index is 365. The molecule has 1 nitrogen and oxygen atoms in total. The fraction of sp³-hybridized carbons (Fsp3) is 0.733. The summed E-state index contributed by atoms with van der Waals surface area (Å²) >= 11 is 13.8. The van der Waals surface area contributed by atoms with E-state index in [1.807, 2.05) is 6.07 Å². The second-order valence-corrected chi connectivity index (χ2v) is 7.33. The third-order valence-corrected chi connectivity index (χ3v) is 5.14. The highest BCUT2D eigenvalue weighted by molar-refractivity contribution is 7.20. The second-order valence-electron chi connectivity index (χ2n) is 5.04. The maximum Gasteiger partial charge on any atom is 0.0991 e. The van der Waals surface area contributed by atoms with E-state index >= 15 is 0 Å². The third-order valence-electron chi connectivity index (χ3n) is 3.62. The molecule has 2 unspecified atom stereocenters. The predicted molar refractivity (Wildman–Crippen MR) is 88.7 cm³/mol. The van der Waals surface area contributed by atoms with Gasteiger partial charge in [-0.25, -0.2) is 0 Å². The van der Waals surface area contributed by atoms with Crippen molar-refractivity contribution in [1.82, 2.24) is 5.32 Å². The third kappa shape index (κ3) is 5.63. The fourth-order valence-electron chi connectivity index (χ4n) is 2.47. The first-order chi connectivity index (χ1) is 9.12. The van der Waals surface area contributed by atoms with E-state index < -0.39 is 0 Å². The van der Waals surface area contributed by atoms with Crippen LogP contribution in [0.2, 0.25) is 8.67 Å². The van der Waals surface area contributed by atoms with Gasteiger partial charge in [0.25, 0.3) is 0 Å². The smallest absolute Gasteiger partial charge is 0.0991 e. The summed E-state index contributed by atoms with van der Waals surface area (Å²) in [7, 11) is 0. The number of nitrogens with one attached hydrogen (secondary N) is 1. The first-order valence-corrected chi connectivity index (χ1v) is 8.87. The minimum Gasteiger partial charge on any atom is -0.310 e. The van der Waals surface area contributed by atoms with Crippen molar-refractivity contribution in [2.24, 2.45) is 5.92 Å². The Labute approximate surface area is 131 Å². The molecule has 0 spiro atoms. The molecule has 0 aliphatic rings. The number of unbranched alkanes of at least 4 members (excludes halogenated alkanes) is 1. The molecule has 1 heterocycles. The molecule has 1 aromatic rings. The zero-order valence-electron chi connectivity index (χ0n) is 12.1. The average molecular weight is 322 g/mol. The maximum atomic E-state index is 6.30. The standard InChI is InChI=1S/C15H25Cl2NS/c1-4-7-8-11(5-2)9-13(18-6-3)12-10-14(16)19-15(12)17/h10-11,13,18H,4-9H2,1-3H3. The van der Waals surface area contributed by atoms with Gasteiger partial charge < -0.3 is 5.32 Å². The van der Waals surface area contributed by atoms with Gasteiger partial charge in [-0.2, -0.15) is 0 Å². The van der Waals surface area contributed by atoms with Crippen molar-refractivity contribution in [3.63, 3.8) is 0 Å². The van der Waals surface area contributed by atoms with Gasteiger partial charge in [-0.15, -0.1) is 11.3 Å². The van der Waals surface area contributed by atoms with E-state index in [9.17, 15) is 0 Å². The molecule has 2 atom stereocenters. The van der Waals surface area contributed by atoms with Gasteiger partial charge in [-0.3, -0.25) is 0 Å². The minimum absolute atomic E-state index is 0.336. The molecule has 19 heavy (non-hydrogen) atoms. The van der Waals surface area contributed by atoms with Crippen molar-refractivity contribution in [2.45, 2.75) is 58.9 Å². The minimum atomic E-state index is 0.336. The first kappa shape index (κ1) is 17.3. The molecule has 4 heteroatoms. The Balaban J connectivity index is 2.73. The van der Waals surface area contributed by atoms with Gasteiger partial charge in [0.2, 0.25) is 0 Å². The first-order valence-electron chi connectivity index (χ1n) is 7.30. The molecule has 1 aromatic heterocycles. The lowest BCUT2D eigenvalue weighted by Crippen LogP contribution is -2.23. The van der Waals surface area contributed by atoms with Crippen molar-refractivity contribution >= 4 is 34.5 Å². The summed E-state index contributed by atoms with van der Waals surface area (Å²) in [5.74, 6) is 0.763. The van der Waals surface area contributed by atoms with Crippen LogP contribution < -0.4 is 5.32 Å². The summed E-state index contributed by atoms with van der Waals surface area (Å²) < 4.78 is 1.62. The van der Waals surface area contributed by atoms with Gasteiger partial charge in [0.05, 0.1) is 8.67 Å². The van der Waals surface area contributed by atoms with Crippen LogP contribution in [0.4, 0.5) is 0 Å². The Morgan fingerprint density at radius 1 is 1.26 bits per heavy atom. The van der Waals surface area contributed by atoms with Gasteiger partial charge in [0.1, 0.15) is 0 Å². The Hall–Kier alpha value is 0.240. The summed E-state index contributed by atoms with van der Waals surface area (Å²) in [5, 5.41) is 3.56. The number of hydrogen-bond donors (Lipinski definition) is 1. The van der Waals surface area contributed by atoms with E-state index in [-0.39, 0.29) is 0 Å². The van der Waals surface area contributed by atoms with Gasteiger partial charge >= 0.3 is 0 Å². The Morgan fingerprint density at radius 2 is 2.00 bits per heavy atom. The molecule has 0 saturated heterocycles. The van der Waals surface area contributed by atoms with Crippen LogP contribution in [0.1, 0.15) is 64.5 Å². The van der Waals surface area contributed by atoms with Crippen LogP contribution in [0.15, 0.2) is 6.07 Å². The normalized spacial score (nSPS) is 14.6. The van der Waals surface area contributed by atoms with Crippen molar-refractivity contribution in [2.75, 3.05) is 6.54 Å². The number of halogens is 2. The summed E-state index contributed by atoms with van der Waals surface area (Å²) in [6.45, 7) is 7.64. The van der Waals surface area contributed by atoms with E-state index in [4.69, 9.17) is 23.2 Å². The number of thiophene rings is 1. The molecule has 0 aliphatic heterocycles. The van der Waals surface area contributed by atoms with Crippen molar-refractivity contribution in [3.8, 4) is 0 Å². The van der Waals surface area contributed by atoms with Gasteiger partial charge in [-0.05, 0) is 24.9 Å². The Morgan fingerprint density at radius 3 is 2.47 bits per heavy atom. The quantitative estimate of drug-likeness (QED) is 0.561. The molecule has 110 valence electrons. The monoisotopic (exact) mass is 321 g/mol. The molecule has 1 rings (SSSR count). The molecule has 0 bridgehead atoms. The lowest BCUT2D eigenvalue weighted by molar-refractivity contribution is 0.357. The highest BCUT2D eigenvalue weighted by Gasteiger charge is 2.20. The van der Waals surface area contributed by atoms with Crippen molar-refractivity contribution in [1.29, 1.82) is 0 Å². The van der Waals surface area contributed by atoms with Crippen LogP contribution in [0, 0.1) is 5.92 Å².